The summed E-state index contributed by atoms with van der Waals surface area (Å²) in [4.78, 5) is 28.7. The van der Waals surface area contributed by atoms with E-state index in [1.165, 1.54) is 18.4 Å². The molecule has 1 rings (SSSR count). The average molecular weight is 328 g/mol. The molecule has 22 heavy (non-hydrogen) atoms. The van der Waals surface area contributed by atoms with Crippen molar-refractivity contribution in [1.29, 1.82) is 0 Å². The van der Waals surface area contributed by atoms with Crippen molar-refractivity contribution in [1.82, 2.24) is 5.32 Å². The number of carbonyl (C=O) groups is 2. The second-order valence-electron chi connectivity index (χ2n) is 5.17. The predicted octanol–water partition coefficient (Wildman–Crippen LogP) is 2.17. The van der Waals surface area contributed by atoms with E-state index < -0.39 is 17.7 Å². The molecule has 1 N–H and O–H groups in total. The van der Waals surface area contributed by atoms with Crippen LogP contribution in [0.15, 0.2) is 22.7 Å². The van der Waals surface area contributed by atoms with Gasteiger partial charge in [0.15, 0.2) is 0 Å². The van der Waals surface area contributed by atoms with Crippen LogP contribution in [0, 0.1) is 0 Å². The highest BCUT2D eigenvalue weighted by atomic mass is 32.1. The van der Waals surface area contributed by atoms with Crippen LogP contribution in [0.25, 0.3) is 0 Å². The molecule has 0 atom stereocenters. The van der Waals surface area contributed by atoms with Crippen molar-refractivity contribution in [3.8, 4) is 0 Å². The van der Waals surface area contributed by atoms with E-state index in [1.807, 2.05) is 5.38 Å². The molecule has 0 saturated heterocycles. The fourth-order valence-electron chi connectivity index (χ4n) is 1.32. The highest BCUT2D eigenvalue weighted by Gasteiger charge is 2.17. The number of rotatable bonds is 6. The number of hydrogen-bond donors (Lipinski definition) is 1. The number of nitrogens with one attached hydrogen (secondary N) is 1. The molecule has 0 saturated carbocycles. The Balaban J connectivity index is 2.43. The number of amides is 1. The van der Waals surface area contributed by atoms with Gasteiger partial charge in [-0.2, -0.15) is 0 Å². The first-order valence-electron chi connectivity index (χ1n) is 6.62. The number of alkyl carbamates (subject to hydrolysis) is 1. The normalized spacial score (nSPS) is 11.7. The minimum atomic E-state index is -0.581. The third-order valence-corrected chi connectivity index (χ3v) is 3.03. The van der Waals surface area contributed by atoms with Crippen LogP contribution in [0.3, 0.4) is 0 Å². The number of hydrogen-bond acceptors (Lipinski definition) is 7. The van der Waals surface area contributed by atoms with Crippen molar-refractivity contribution in [3.63, 3.8) is 0 Å². The number of oxime groups is 1. The summed E-state index contributed by atoms with van der Waals surface area (Å²) < 4.78 is 9.72. The Bertz CT molecular complexity index is 520. The molecule has 1 aromatic heterocycles. The van der Waals surface area contributed by atoms with Crippen molar-refractivity contribution in [2.24, 2.45) is 5.16 Å². The molecule has 1 amide bonds. The van der Waals surface area contributed by atoms with Crippen molar-refractivity contribution >= 4 is 29.1 Å². The van der Waals surface area contributed by atoms with Crippen molar-refractivity contribution in [2.75, 3.05) is 20.3 Å². The first kappa shape index (κ1) is 18.0. The topological polar surface area (TPSA) is 86.2 Å². The molecular weight excluding hydrogens is 308 g/mol. The fourth-order valence-corrected chi connectivity index (χ4v) is 2.01. The monoisotopic (exact) mass is 328 g/mol. The summed E-state index contributed by atoms with van der Waals surface area (Å²) in [5.41, 5.74) is -0.463. The van der Waals surface area contributed by atoms with Crippen molar-refractivity contribution < 1.29 is 23.9 Å². The summed E-state index contributed by atoms with van der Waals surface area (Å²) in [6.07, 6.45) is -0.536. The van der Waals surface area contributed by atoms with Gasteiger partial charge >= 0.3 is 12.1 Å². The lowest BCUT2D eigenvalue weighted by Gasteiger charge is -2.19. The molecule has 7 nitrogen and oxygen atoms in total. The maximum atomic E-state index is 11.6. The standard InChI is InChI=1S/C14H20N2O5S/c1-14(2,3)21-13(18)15-7-8-20-16-11(12(17)19-4)10-6-5-9-22-10/h5-6,9H,7-8H2,1-4H3,(H,15,18)/b16-11-. The number of carbonyl (C=O) groups excluding carboxylic acids is 2. The Labute approximate surface area is 133 Å². The molecule has 0 aromatic carbocycles. The van der Waals surface area contributed by atoms with E-state index in [-0.39, 0.29) is 18.9 Å². The molecule has 0 aliphatic heterocycles. The summed E-state index contributed by atoms with van der Waals surface area (Å²) in [6.45, 7) is 5.63. The summed E-state index contributed by atoms with van der Waals surface area (Å²) in [5.74, 6) is -0.581. The molecule has 0 aliphatic rings. The summed E-state index contributed by atoms with van der Waals surface area (Å²) in [5, 5.41) is 8.11. The lowest BCUT2D eigenvalue weighted by Crippen LogP contribution is -2.34. The quantitative estimate of drug-likeness (QED) is 0.374. The first-order chi connectivity index (χ1) is 10.3. The van der Waals surface area contributed by atoms with Gasteiger partial charge < -0.3 is 19.6 Å². The highest BCUT2D eigenvalue weighted by molar-refractivity contribution is 7.13. The van der Waals surface area contributed by atoms with Gasteiger partial charge in [0, 0.05) is 0 Å². The van der Waals surface area contributed by atoms with Crippen LogP contribution in [0.4, 0.5) is 4.79 Å². The summed E-state index contributed by atoms with van der Waals surface area (Å²) in [6, 6.07) is 3.53. The average Bonchev–Trinajstić information content (AvgIpc) is 2.93. The fraction of sp³-hybridized carbons (Fsp3) is 0.500. The van der Waals surface area contributed by atoms with Gasteiger partial charge in [-0.1, -0.05) is 11.2 Å². The van der Waals surface area contributed by atoms with Gasteiger partial charge in [0.1, 0.15) is 12.2 Å². The van der Waals surface area contributed by atoms with Gasteiger partial charge in [-0.3, -0.25) is 0 Å². The van der Waals surface area contributed by atoms with Crippen LogP contribution in [-0.2, 0) is 19.1 Å². The minimum Gasteiger partial charge on any atom is -0.464 e. The zero-order valence-corrected chi connectivity index (χ0v) is 13.9. The number of esters is 1. The third-order valence-electron chi connectivity index (χ3n) is 2.15. The van der Waals surface area contributed by atoms with Gasteiger partial charge in [0.25, 0.3) is 0 Å². The number of methoxy groups -OCH3 is 1. The van der Waals surface area contributed by atoms with Gasteiger partial charge in [0.2, 0.25) is 5.71 Å². The molecule has 0 aliphatic carbocycles. The van der Waals surface area contributed by atoms with Crippen LogP contribution >= 0.6 is 11.3 Å². The molecule has 0 bridgehead atoms. The Morgan fingerprint density at radius 1 is 1.36 bits per heavy atom. The lowest BCUT2D eigenvalue weighted by atomic mass is 10.2. The second kappa shape index (κ2) is 8.38. The Morgan fingerprint density at radius 2 is 2.09 bits per heavy atom. The predicted molar refractivity (Wildman–Crippen MR) is 83.1 cm³/mol. The maximum Gasteiger partial charge on any atom is 0.407 e. The van der Waals surface area contributed by atoms with Crippen molar-refractivity contribution in [3.05, 3.63) is 22.4 Å². The van der Waals surface area contributed by atoms with Gasteiger partial charge in [-0.05, 0) is 32.2 Å². The molecule has 122 valence electrons. The molecule has 1 aromatic rings. The molecule has 0 radical (unpaired) electrons. The van der Waals surface area contributed by atoms with Crippen LogP contribution < -0.4 is 5.32 Å². The van der Waals surface area contributed by atoms with Crippen LogP contribution in [0.1, 0.15) is 25.6 Å². The first-order valence-corrected chi connectivity index (χ1v) is 7.50. The number of ether oxygens (including phenoxy) is 2. The minimum absolute atomic E-state index is 0.0924. The molecule has 0 spiro atoms. The zero-order valence-electron chi connectivity index (χ0n) is 13.0. The van der Waals surface area contributed by atoms with Crippen LogP contribution in [-0.4, -0.2) is 43.6 Å². The van der Waals surface area contributed by atoms with Crippen LogP contribution in [0.2, 0.25) is 0 Å². The van der Waals surface area contributed by atoms with Crippen molar-refractivity contribution in [2.45, 2.75) is 26.4 Å². The van der Waals surface area contributed by atoms with E-state index in [4.69, 9.17) is 9.57 Å². The smallest absolute Gasteiger partial charge is 0.407 e. The van der Waals surface area contributed by atoms with Gasteiger partial charge in [-0.15, -0.1) is 11.3 Å². The zero-order chi connectivity index (χ0) is 16.6. The summed E-state index contributed by atoms with van der Waals surface area (Å²) in [7, 11) is 1.27. The SMILES string of the molecule is COC(=O)/C(=N\OCCNC(=O)OC(C)(C)C)c1cccs1. The lowest BCUT2D eigenvalue weighted by molar-refractivity contribution is -0.132. The third kappa shape index (κ3) is 6.57. The van der Waals surface area contributed by atoms with Gasteiger partial charge in [0.05, 0.1) is 18.5 Å². The largest absolute Gasteiger partial charge is 0.464 e. The van der Waals surface area contributed by atoms with E-state index in [2.05, 4.69) is 15.2 Å². The van der Waals surface area contributed by atoms with Crippen LogP contribution in [0.5, 0.6) is 0 Å². The van der Waals surface area contributed by atoms with E-state index >= 15 is 0 Å². The van der Waals surface area contributed by atoms with E-state index in [9.17, 15) is 9.59 Å². The Hall–Kier alpha value is -2.09. The molecular formula is C14H20N2O5S. The molecule has 0 fully saturated rings. The molecule has 8 heteroatoms. The van der Waals surface area contributed by atoms with Gasteiger partial charge in [-0.25, -0.2) is 9.59 Å². The Kier molecular flexibility index (Phi) is 6.84. The van der Waals surface area contributed by atoms with E-state index in [0.717, 1.165) is 0 Å². The molecule has 1 heterocycles. The van der Waals surface area contributed by atoms with E-state index in [0.29, 0.717) is 4.88 Å². The molecule has 0 unspecified atom stereocenters. The summed E-state index contributed by atoms with van der Waals surface area (Å²) >= 11 is 1.35. The highest BCUT2D eigenvalue weighted by Crippen LogP contribution is 2.11. The maximum absolute atomic E-state index is 11.6. The van der Waals surface area contributed by atoms with E-state index in [1.54, 1.807) is 32.9 Å². The number of nitrogens with zero attached hydrogens (tertiary/aromatic N) is 1. The number of thiophene rings is 1. The Morgan fingerprint density at radius 3 is 2.64 bits per heavy atom. The second-order valence-corrected chi connectivity index (χ2v) is 6.12.